The first-order chi connectivity index (χ1) is 14.8. The molecule has 31 heavy (non-hydrogen) atoms. The van der Waals surface area contributed by atoms with Gasteiger partial charge in [-0.3, -0.25) is 0 Å². The highest BCUT2D eigenvalue weighted by Crippen LogP contribution is 2.43. The molecule has 8 nitrogen and oxygen atoms in total. The van der Waals surface area contributed by atoms with Crippen molar-refractivity contribution in [1.82, 2.24) is 15.3 Å². The molecule has 3 saturated heterocycles. The van der Waals surface area contributed by atoms with Crippen LogP contribution in [0.3, 0.4) is 0 Å². The molecule has 1 aromatic carbocycles. The van der Waals surface area contributed by atoms with Gasteiger partial charge in [-0.25, -0.2) is 9.78 Å². The van der Waals surface area contributed by atoms with Crippen LogP contribution in [0.5, 0.6) is 5.75 Å². The van der Waals surface area contributed by atoms with E-state index in [9.17, 15) is 23.1 Å². The van der Waals surface area contributed by atoms with Gasteiger partial charge in [-0.15, -0.1) is 24.5 Å². The molecule has 2 bridgehead atoms. The number of nitrogens with one attached hydrogen (secondary N) is 1. The van der Waals surface area contributed by atoms with Gasteiger partial charge in [0.05, 0.1) is 5.56 Å². The molecule has 3 aliphatic heterocycles. The second-order valence-corrected chi connectivity index (χ2v) is 8.47. The zero-order chi connectivity index (χ0) is 21.8. The van der Waals surface area contributed by atoms with Crippen LogP contribution in [-0.4, -0.2) is 53.1 Å². The highest BCUT2D eigenvalue weighted by atomic mass is 32.1. The predicted molar refractivity (Wildman–Crippen MR) is 105 cm³/mol. The molecule has 0 amide bonds. The molecular formula is C19H17F3N4O4S. The Morgan fingerprint density at radius 1 is 1.35 bits per heavy atom. The van der Waals surface area contributed by atoms with Gasteiger partial charge in [-0.2, -0.15) is 4.98 Å². The van der Waals surface area contributed by atoms with Crippen LogP contribution in [0.1, 0.15) is 23.2 Å². The fourth-order valence-corrected chi connectivity index (χ4v) is 4.88. The quantitative estimate of drug-likeness (QED) is 0.615. The number of ether oxygens (including phenoxy) is 1. The van der Waals surface area contributed by atoms with Gasteiger partial charge in [0.1, 0.15) is 10.6 Å². The number of hydrogen-bond donors (Lipinski definition) is 2. The zero-order valence-electron chi connectivity index (χ0n) is 16.0. The summed E-state index contributed by atoms with van der Waals surface area (Å²) in [5, 5.41) is 15.0. The average molecular weight is 454 g/mol. The summed E-state index contributed by atoms with van der Waals surface area (Å²) < 4.78 is 49.5. The number of rotatable bonds is 4. The first-order valence-electron chi connectivity index (χ1n) is 9.64. The maximum atomic E-state index is 13.1. The summed E-state index contributed by atoms with van der Waals surface area (Å²) in [6, 6.07) is 1.33. The molecule has 0 radical (unpaired) electrons. The van der Waals surface area contributed by atoms with E-state index in [1.807, 2.05) is 4.90 Å². The SMILES string of the molecule is O=C(O)c1cc(-c2nccs2)c2oc(N3CC4CCC3CNC4)nc2c1OC(F)(F)F. The van der Waals surface area contributed by atoms with Crippen LogP contribution >= 0.6 is 11.3 Å². The fourth-order valence-electron chi connectivity index (χ4n) is 4.23. The minimum Gasteiger partial charge on any atom is -0.478 e. The molecule has 2 unspecified atom stereocenters. The molecule has 0 spiro atoms. The van der Waals surface area contributed by atoms with Crippen molar-refractivity contribution in [2.45, 2.75) is 25.2 Å². The molecule has 3 aromatic rings. The van der Waals surface area contributed by atoms with Gasteiger partial charge < -0.3 is 24.5 Å². The van der Waals surface area contributed by atoms with E-state index < -0.39 is 23.6 Å². The molecular weight excluding hydrogens is 437 g/mol. The van der Waals surface area contributed by atoms with Crippen LogP contribution in [-0.2, 0) is 0 Å². The number of carbonyl (C=O) groups is 1. The maximum Gasteiger partial charge on any atom is 0.573 e. The summed E-state index contributed by atoms with van der Waals surface area (Å²) in [4.78, 5) is 22.2. The van der Waals surface area contributed by atoms with Crippen LogP contribution in [0.15, 0.2) is 22.1 Å². The number of oxazole rings is 1. The molecule has 5 heterocycles. The summed E-state index contributed by atoms with van der Waals surface area (Å²) in [5.74, 6) is -2.09. The lowest BCUT2D eigenvalue weighted by Gasteiger charge is -2.34. The minimum atomic E-state index is -5.09. The van der Waals surface area contributed by atoms with Crippen LogP contribution in [0.25, 0.3) is 21.7 Å². The summed E-state index contributed by atoms with van der Waals surface area (Å²) >= 11 is 1.21. The molecule has 2 N–H and O–H groups in total. The van der Waals surface area contributed by atoms with Gasteiger partial charge in [0.25, 0.3) is 6.01 Å². The number of piperidine rings is 1. The number of aromatic nitrogens is 2. The first-order valence-corrected chi connectivity index (χ1v) is 10.5. The maximum absolute atomic E-state index is 13.1. The third-order valence-corrected chi connectivity index (χ3v) is 6.39. The Labute approximate surface area is 177 Å². The molecule has 3 aliphatic rings. The Kier molecular flexibility index (Phi) is 4.77. The Hall–Kier alpha value is -2.86. The van der Waals surface area contributed by atoms with Crippen molar-refractivity contribution in [3.63, 3.8) is 0 Å². The molecule has 2 aromatic heterocycles. The van der Waals surface area contributed by atoms with E-state index in [1.165, 1.54) is 17.5 Å². The van der Waals surface area contributed by atoms with E-state index in [1.54, 1.807) is 5.38 Å². The van der Waals surface area contributed by atoms with E-state index in [-0.39, 0.29) is 28.7 Å². The lowest BCUT2D eigenvalue weighted by Crippen LogP contribution is -2.43. The van der Waals surface area contributed by atoms with Crippen LogP contribution in [0, 0.1) is 5.92 Å². The molecule has 164 valence electrons. The third-order valence-electron chi connectivity index (χ3n) is 5.58. The van der Waals surface area contributed by atoms with Crippen molar-refractivity contribution in [2.75, 3.05) is 24.5 Å². The Morgan fingerprint density at radius 2 is 2.19 bits per heavy atom. The highest BCUT2D eigenvalue weighted by Gasteiger charge is 2.38. The number of nitrogens with zero attached hydrogens (tertiary/aromatic N) is 3. The van der Waals surface area contributed by atoms with Crippen molar-refractivity contribution in [3.8, 4) is 16.3 Å². The molecule has 0 saturated carbocycles. The fraction of sp³-hybridized carbons (Fsp3) is 0.421. The smallest absolute Gasteiger partial charge is 0.478 e. The molecule has 2 atom stereocenters. The van der Waals surface area contributed by atoms with E-state index in [4.69, 9.17) is 4.42 Å². The number of thiazole rings is 1. The molecule has 6 rings (SSSR count). The second-order valence-electron chi connectivity index (χ2n) is 7.57. The Morgan fingerprint density at radius 3 is 2.90 bits per heavy atom. The molecule has 3 fully saturated rings. The zero-order valence-corrected chi connectivity index (χ0v) is 16.8. The lowest BCUT2D eigenvalue weighted by atomic mass is 9.95. The summed E-state index contributed by atoms with van der Waals surface area (Å²) in [7, 11) is 0. The Balaban J connectivity index is 1.73. The summed E-state index contributed by atoms with van der Waals surface area (Å²) in [5.41, 5.74) is -0.671. The lowest BCUT2D eigenvalue weighted by molar-refractivity contribution is -0.274. The number of fused-ring (bicyclic) bond motifs is 5. The number of aromatic carboxylic acids is 1. The number of hydrogen-bond acceptors (Lipinski definition) is 8. The average Bonchev–Trinajstić information content (AvgIpc) is 3.29. The van der Waals surface area contributed by atoms with Crippen LogP contribution in [0.2, 0.25) is 0 Å². The summed E-state index contributed by atoms with van der Waals surface area (Å²) in [6.07, 6.45) is -1.62. The van der Waals surface area contributed by atoms with Crippen molar-refractivity contribution in [1.29, 1.82) is 0 Å². The number of carboxylic acids is 1. The highest BCUT2D eigenvalue weighted by molar-refractivity contribution is 7.13. The van der Waals surface area contributed by atoms with Gasteiger partial charge in [0, 0.05) is 30.7 Å². The van der Waals surface area contributed by atoms with E-state index in [2.05, 4.69) is 20.0 Å². The van der Waals surface area contributed by atoms with Gasteiger partial charge in [-0.1, -0.05) is 0 Å². The third kappa shape index (κ3) is 3.69. The Bertz CT molecular complexity index is 1130. The first kappa shape index (κ1) is 20.1. The van der Waals surface area contributed by atoms with Gasteiger partial charge >= 0.3 is 12.3 Å². The monoisotopic (exact) mass is 454 g/mol. The van der Waals surface area contributed by atoms with Crippen LogP contribution < -0.4 is 15.0 Å². The topological polar surface area (TPSA) is 101 Å². The number of anilines is 1. The van der Waals surface area contributed by atoms with Crippen molar-refractivity contribution >= 4 is 34.4 Å². The number of halogens is 3. The van der Waals surface area contributed by atoms with Gasteiger partial charge in [0.2, 0.25) is 0 Å². The standard InChI is InChI=1S/C19H17F3N4O4S/c20-19(21,22)30-15-12(17(27)28)5-11(16-24-3-4-31-16)14-13(15)25-18(29-14)26-8-9-1-2-10(26)7-23-6-9/h3-5,9-10,23H,1-2,6-8H2,(H,27,28). The summed E-state index contributed by atoms with van der Waals surface area (Å²) in [6.45, 7) is 2.21. The van der Waals surface area contributed by atoms with Gasteiger partial charge in [-0.05, 0) is 31.4 Å². The second kappa shape index (κ2) is 7.38. The number of alkyl halides is 3. The van der Waals surface area contributed by atoms with Crippen molar-refractivity contribution in [2.24, 2.45) is 5.92 Å². The predicted octanol–water partition coefficient (Wildman–Crippen LogP) is 3.74. The van der Waals surface area contributed by atoms with Gasteiger partial charge in [0.15, 0.2) is 16.8 Å². The number of benzene rings is 1. The van der Waals surface area contributed by atoms with E-state index >= 15 is 0 Å². The van der Waals surface area contributed by atoms with Crippen LogP contribution in [0.4, 0.5) is 19.2 Å². The van der Waals surface area contributed by atoms with Crippen molar-refractivity contribution < 1.29 is 32.2 Å². The van der Waals surface area contributed by atoms with E-state index in [0.717, 1.165) is 25.5 Å². The van der Waals surface area contributed by atoms with E-state index in [0.29, 0.717) is 24.0 Å². The molecule has 0 aliphatic carbocycles. The molecule has 12 heteroatoms. The normalized spacial score (nSPS) is 21.5. The number of carboxylic acid groups (broad SMARTS) is 1. The minimum absolute atomic E-state index is 0.0160. The largest absolute Gasteiger partial charge is 0.573 e. The van der Waals surface area contributed by atoms with Crippen molar-refractivity contribution in [3.05, 3.63) is 23.2 Å².